The number of hydrogen-bond donors (Lipinski definition) is 2. The molecule has 1 rings (SSSR count). The van der Waals surface area contributed by atoms with Crippen LogP contribution < -0.4 is 15.4 Å². The summed E-state index contributed by atoms with van der Waals surface area (Å²) >= 11 is 0. The topological polar surface area (TPSA) is 120 Å². The van der Waals surface area contributed by atoms with Gasteiger partial charge in [0.05, 0.1) is 31.9 Å². The van der Waals surface area contributed by atoms with Gasteiger partial charge in [-0.25, -0.2) is 9.59 Å². The van der Waals surface area contributed by atoms with Crippen molar-refractivity contribution in [2.45, 2.75) is 19.9 Å². The van der Waals surface area contributed by atoms with Crippen molar-refractivity contribution in [2.75, 3.05) is 27.4 Å². The number of nitrogens with one attached hydrogen (secondary N) is 2. The molecule has 1 aromatic rings. The van der Waals surface area contributed by atoms with Crippen molar-refractivity contribution in [2.24, 2.45) is 0 Å². The van der Waals surface area contributed by atoms with E-state index in [-0.39, 0.29) is 35.4 Å². The van der Waals surface area contributed by atoms with E-state index in [1.165, 1.54) is 32.4 Å². The molecule has 0 unspecified atom stereocenters. The van der Waals surface area contributed by atoms with Gasteiger partial charge in [-0.1, -0.05) is 0 Å². The summed E-state index contributed by atoms with van der Waals surface area (Å²) < 4.78 is 14.5. The van der Waals surface area contributed by atoms with Gasteiger partial charge in [-0.2, -0.15) is 0 Å². The zero-order valence-corrected chi connectivity index (χ0v) is 15.1. The molecule has 1 aromatic carbocycles. The number of esters is 2. The van der Waals surface area contributed by atoms with Crippen molar-refractivity contribution >= 4 is 23.8 Å². The van der Waals surface area contributed by atoms with Gasteiger partial charge in [0.15, 0.2) is 6.61 Å². The van der Waals surface area contributed by atoms with Gasteiger partial charge in [-0.15, -0.1) is 0 Å². The van der Waals surface area contributed by atoms with Gasteiger partial charge in [0.25, 0.3) is 5.91 Å². The summed E-state index contributed by atoms with van der Waals surface area (Å²) in [4.78, 5) is 46.6. The molecule has 0 aliphatic heterocycles. The monoisotopic (exact) mass is 366 g/mol. The lowest BCUT2D eigenvalue weighted by atomic mass is 10.1. The van der Waals surface area contributed by atoms with Gasteiger partial charge in [0, 0.05) is 6.04 Å². The number of carbonyl (C=O) groups excluding carboxylic acids is 4. The summed E-state index contributed by atoms with van der Waals surface area (Å²) in [6.45, 7) is 3.02. The predicted octanol–water partition coefficient (Wildman–Crippen LogP) is 0.279. The van der Waals surface area contributed by atoms with E-state index < -0.39 is 24.5 Å². The van der Waals surface area contributed by atoms with E-state index in [1.807, 2.05) is 0 Å². The standard InChI is InChI=1S/C17H22N2O7/c1-10(2)19-14(20)8-18-15(21)9-26-13-6-11(16(22)24-3)5-12(7-13)17(23)25-4/h5-7,10H,8-9H2,1-4H3,(H,18,21)(H,19,20). The number of carbonyl (C=O) groups is 4. The zero-order chi connectivity index (χ0) is 19.7. The number of benzene rings is 1. The Morgan fingerprint density at radius 2 is 1.46 bits per heavy atom. The molecule has 0 aliphatic rings. The van der Waals surface area contributed by atoms with E-state index in [0.717, 1.165) is 0 Å². The largest absolute Gasteiger partial charge is 0.484 e. The molecule has 9 nitrogen and oxygen atoms in total. The van der Waals surface area contributed by atoms with E-state index in [4.69, 9.17) is 4.74 Å². The van der Waals surface area contributed by atoms with Crippen molar-refractivity contribution in [3.8, 4) is 5.75 Å². The summed E-state index contributed by atoms with van der Waals surface area (Å²) in [5.74, 6) is -2.10. The van der Waals surface area contributed by atoms with E-state index in [2.05, 4.69) is 20.1 Å². The average Bonchev–Trinajstić information content (AvgIpc) is 2.62. The Morgan fingerprint density at radius 3 is 1.92 bits per heavy atom. The number of methoxy groups -OCH3 is 2. The molecule has 9 heteroatoms. The summed E-state index contributed by atoms with van der Waals surface area (Å²) in [5, 5.41) is 5.02. The molecule has 2 amide bonds. The van der Waals surface area contributed by atoms with Gasteiger partial charge >= 0.3 is 11.9 Å². The maximum absolute atomic E-state index is 11.8. The van der Waals surface area contributed by atoms with Crippen LogP contribution in [0.15, 0.2) is 18.2 Å². The van der Waals surface area contributed by atoms with Crippen molar-refractivity contribution in [1.29, 1.82) is 0 Å². The molecule has 0 saturated carbocycles. The van der Waals surface area contributed by atoms with Gasteiger partial charge in [-0.05, 0) is 32.0 Å². The van der Waals surface area contributed by atoms with Crippen LogP contribution >= 0.6 is 0 Å². The first-order valence-corrected chi connectivity index (χ1v) is 7.77. The minimum Gasteiger partial charge on any atom is -0.484 e. The molecular weight excluding hydrogens is 344 g/mol. The molecule has 0 spiro atoms. The fourth-order valence-corrected chi connectivity index (χ4v) is 1.91. The highest BCUT2D eigenvalue weighted by molar-refractivity contribution is 5.96. The Kier molecular flexibility index (Phi) is 8.07. The summed E-state index contributed by atoms with van der Waals surface area (Å²) in [5.41, 5.74) is 0.143. The Bertz CT molecular complexity index is 651. The fraction of sp³-hybridized carbons (Fsp3) is 0.412. The molecule has 142 valence electrons. The Morgan fingerprint density at radius 1 is 0.923 bits per heavy atom. The third-order valence-electron chi connectivity index (χ3n) is 3.01. The van der Waals surface area contributed by atoms with Gasteiger partial charge in [-0.3, -0.25) is 9.59 Å². The number of rotatable bonds is 8. The molecule has 0 aromatic heterocycles. The maximum atomic E-state index is 11.8. The smallest absolute Gasteiger partial charge is 0.338 e. The first-order chi connectivity index (χ1) is 12.3. The van der Waals surface area contributed by atoms with Crippen LogP contribution in [-0.4, -0.2) is 57.2 Å². The second-order valence-corrected chi connectivity index (χ2v) is 5.52. The van der Waals surface area contributed by atoms with Crippen LogP contribution in [0.1, 0.15) is 34.6 Å². The molecule has 0 fully saturated rings. The molecule has 26 heavy (non-hydrogen) atoms. The molecule has 0 heterocycles. The van der Waals surface area contributed by atoms with Crippen molar-refractivity contribution < 1.29 is 33.4 Å². The molecule has 0 aliphatic carbocycles. The number of amides is 2. The highest BCUT2D eigenvalue weighted by atomic mass is 16.5. The number of hydrogen-bond acceptors (Lipinski definition) is 7. The van der Waals surface area contributed by atoms with E-state index >= 15 is 0 Å². The van der Waals surface area contributed by atoms with Gasteiger partial charge in [0.2, 0.25) is 5.91 Å². The quantitative estimate of drug-likeness (QED) is 0.634. The summed E-state index contributed by atoms with van der Waals surface area (Å²) in [6, 6.07) is 3.92. The first-order valence-electron chi connectivity index (χ1n) is 7.77. The first kappa shape index (κ1) is 20.9. The van der Waals surface area contributed by atoms with Crippen LogP contribution in [0.4, 0.5) is 0 Å². The highest BCUT2D eigenvalue weighted by Gasteiger charge is 2.15. The highest BCUT2D eigenvalue weighted by Crippen LogP contribution is 2.19. The molecular formula is C17H22N2O7. The summed E-state index contributed by atoms with van der Waals surface area (Å²) in [6.07, 6.45) is 0. The van der Waals surface area contributed by atoms with Crippen LogP contribution in [0.5, 0.6) is 5.75 Å². The van der Waals surface area contributed by atoms with E-state index in [9.17, 15) is 19.2 Å². The SMILES string of the molecule is COC(=O)c1cc(OCC(=O)NCC(=O)NC(C)C)cc(C(=O)OC)c1. The summed E-state index contributed by atoms with van der Waals surface area (Å²) in [7, 11) is 2.40. The van der Waals surface area contributed by atoms with Crippen LogP contribution in [0.25, 0.3) is 0 Å². The lowest BCUT2D eigenvalue weighted by molar-refractivity contribution is -0.127. The van der Waals surface area contributed by atoms with Gasteiger partial charge in [0.1, 0.15) is 5.75 Å². The lowest BCUT2D eigenvalue weighted by Crippen LogP contribution is -2.41. The minimum atomic E-state index is -0.671. The molecule has 0 atom stereocenters. The maximum Gasteiger partial charge on any atom is 0.338 e. The molecule has 0 saturated heterocycles. The third-order valence-corrected chi connectivity index (χ3v) is 3.01. The Labute approximate surface area is 151 Å². The van der Waals surface area contributed by atoms with Crippen molar-refractivity contribution in [3.63, 3.8) is 0 Å². The van der Waals surface area contributed by atoms with Crippen LogP contribution in [0.3, 0.4) is 0 Å². The molecule has 0 bridgehead atoms. The Hall–Kier alpha value is -3.10. The average molecular weight is 366 g/mol. The minimum absolute atomic E-state index is 0.0338. The van der Waals surface area contributed by atoms with Crippen LogP contribution in [0.2, 0.25) is 0 Å². The Balaban J connectivity index is 2.73. The second-order valence-electron chi connectivity index (χ2n) is 5.52. The van der Waals surface area contributed by atoms with E-state index in [1.54, 1.807) is 13.8 Å². The third kappa shape index (κ3) is 6.80. The van der Waals surface area contributed by atoms with E-state index in [0.29, 0.717) is 0 Å². The lowest BCUT2D eigenvalue weighted by Gasteiger charge is -2.11. The molecule has 2 N–H and O–H groups in total. The van der Waals surface area contributed by atoms with Crippen molar-refractivity contribution in [3.05, 3.63) is 29.3 Å². The normalized spacial score (nSPS) is 10.0. The fourth-order valence-electron chi connectivity index (χ4n) is 1.91. The van der Waals surface area contributed by atoms with Crippen LogP contribution in [0, 0.1) is 0 Å². The second kappa shape index (κ2) is 10.0. The zero-order valence-electron chi connectivity index (χ0n) is 15.1. The van der Waals surface area contributed by atoms with Crippen molar-refractivity contribution in [1.82, 2.24) is 10.6 Å². The van der Waals surface area contributed by atoms with Crippen LogP contribution in [-0.2, 0) is 19.1 Å². The number of ether oxygens (including phenoxy) is 3. The van der Waals surface area contributed by atoms with Gasteiger partial charge < -0.3 is 24.8 Å². The predicted molar refractivity (Wildman–Crippen MR) is 90.9 cm³/mol. The molecule has 0 radical (unpaired) electrons.